The fraction of sp³-hybridized carbons (Fsp3) is 0.600. The summed E-state index contributed by atoms with van der Waals surface area (Å²) in [5.41, 5.74) is -0.871. The molecule has 0 bridgehead atoms. The molecule has 18 heavy (non-hydrogen) atoms. The van der Waals surface area contributed by atoms with Crippen LogP contribution in [0.25, 0.3) is 0 Å². The highest BCUT2D eigenvalue weighted by molar-refractivity contribution is 7.09. The summed E-state index contributed by atoms with van der Waals surface area (Å²) < 4.78 is 36.8. The van der Waals surface area contributed by atoms with Gasteiger partial charge in [-0.1, -0.05) is 0 Å². The maximum absolute atomic E-state index is 12.3. The molecule has 0 aliphatic heterocycles. The van der Waals surface area contributed by atoms with Crippen LogP contribution in [0.3, 0.4) is 0 Å². The Kier molecular flexibility index (Phi) is 5.54. The van der Waals surface area contributed by atoms with Crippen molar-refractivity contribution in [1.82, 2.24) is 15.6 Å². The van der Waals surface area contributed by atoms with Gasteiger partial charge in [-0.15, -0.1) is 11.3 Å². The van der Waals surface area contributed by atoms with E-state index in [1.807, 2.05) is 0 Å². The molecule has 1 amide bonds. The molecule has 0 unspecified atom stereocenters. The molecule has 1 heterocycles. The first-order valence-corrected chi connectivity index (χ1v) is 6.24. The number of rotatable bonds is 6. The zero-order valence-corrected chi connectivity index (χ0v) is 10.6. The Morgan fingerprint density at radius 3 is 2.72 bits per heavy atom. The Hall–Kier alpha value is -1.15. The molecule has 0 aliphatic rings. The summed E-state index contributed by atoms with van der Waals surface area (Å²) in [5, 5.41) is 6.81. The average molecular weight is 281 g/mol. The molecule has 0 spiro atoms. The van der Waals surface area contributed by atoms with Crippen molar-refractivity contribution in [2.75, 3.05) is 20.1 Å². The second-order valence-electron chi connectivity index (χ2n) is 3.58. The zero-order valence-electron chi connectivity index (χ0n) is 9.80. The van der Waals surface area contributed by atoms with Crippen molar-refractivity contribution in [3.8, 4) is 0 Å². The van der Waals surface area contributed by atoms with Crippen LogP contribution in [0.1, 0.15) is 17.1 Å². The maximum atomic E-state index is 12.3. The van der Waals surface area contributed by atoms with Crippen LogP contribution >= 0.6 is 11.3 Å². The van der Waals surface area contributed by atoms with E-state index in [2.05, 4.69) is 15.6 Å². The molecule has 0 saturated carbocycles. The van der Waals surface area contributed by atoms with Crippen LogP contribution in [0.5, 0.6) is 0 Å². The smallest absolute Gasteiger partial charge is 0.356 e. The number of aromatic nitrogens is 1. The van der Waals surface area contributed by atoms with Gasteiger partial charge in [0.15, 0.2) is 5.69 Å². The minimum atomic E-state index is -4.40. The lowest BCUT2D eigenvalue weighted by Gasteiger charge is -2.03. The number of amides is 1. The number of nitrogens with zero attached hydrogens (tertiary/aromatic N) is 1. The van der Waals surface area contributed by atoms with Gasteiger partial charge in [0.2, 0.25) is 5.91 Å². The molecule has 1 aromatic rings. The van der Waals surface area contributed by atoms with Crippen molar-refractivity contribution >= 4 is 17.2 Å². The van der Waals surface area contributed by atoms with Crippen molar-refractivity contribution in [3.05, 3.63) is 16.1 Å². The lowest BCUT2D eigenvalue weighted by Crippen LogP contribution is -2.28. The molecule has 4 nitrogen and oxygen atoms in total. The van der Waals surface area contributed by atoms with Crippen molar-refractivity contribution in [1.29, 1.82) is 0 Å². The van der Waals surface area contributed by atoms with Gasteiger partial charge in [0, 0.05) is 31.3 Å². The van der Waals surface area contributed by atoms with Crippen LogP contribution in [0, 0.1) is 0 Å². The molecule has 0 fully saturated rings. The third-order valence-electron chi connectivity index (χ3n) is 2.11. The highest BCUT2D eigenvalue weighted by Gasteiger charge is 2.33. The lowest BCUT2D eigenvalue weighted by atomic mass is 10.3. The molecule has 102 valence electrons. The predicted octanol–water partition coefficient (Wildman–Crippen LogP) is 1.43. The largest absolute Gasteiger partial charge is 0.434 e. The number of carbonyl (C=O) groups is 1. The standard InChI is InChI=1S/C10H14F3N3OS/c1-14-4-2-8(17)15-5-3-9-16-7(6-18-9)10(11,12)13/h6,14H,2-5H2,1H3,(H,15,17). The van der Waals surface area contributed by atoms with E-state index in [9.17, 15) is 18.0 Å². The molecule has 0 atom stereocenters. The van der Waals surface area contributed by atoms with E-state index in [0.29, 0.717) is 30.9 Å². The highest BCUT2D eigenvalue weighted by atomic mass is 32.1. The van der Waals surface area contributed by atoms with E-state index in [1.54, 1.807) is 7.05 Å². The summed E-state index contributed by atoms with van der Waals surface area (Å²) in [6.07, 6.45) is -3.74. The van der Waals surface area contributed by atoms with Crippen molar-refractivity contribution < 1.29 is 18.0 Å². The summed E-state index contributed by atoms with van der Waals surface area (Å²) >= 11 is 0.951. The first-order chi connectivity index (χ1) is 8.43. The van der Waals surface area contributed by atoms with E-state index in [1.165, 1.54) is 0 Å². The monoisotopic (exact) mass is 281 g/mol. The van der Waals surface area contributed by atoms with Gasteiger partial charge < -0.3 is 10.6 Å². The quantitative estimate of drug-likeness (QED) is 0.829. The van der Waals surface area contributed by atoms with Crippen LogP contribution in [0.2, 0.25) is 0 Å². The van der Waals surface area contributed by atoms with Gasteiger partial charge in [0.05, 0.1) is 5.01 Å². The molecule has 0 saturated heterocycles. The van der Waals surface area contributed by atoms with E-state index in [0.717, 1.165) is 16.7 Å². The Bertz CT molecular complexity index is 392. The van der Waals surface area contributed by atoms with Crippen molar-refractivity contribution in [2.24, 2.45) is 0 Å². The molecule has 2 N–H and O–H groups in total. The van der Waals surface area contributed by atoms with Crippen LogP contribution in [-0.4, -0.2) is 31.0 Å². The Morgan fingerprint density at radius 2 is 2.17 bits per heavy atom. The maximum Gasteiger partial charge on any atom is 0.434 e. The lowest BCUT2D eigenvalue weighted by molar-refractivity contribution is -0.140. The molecule has 0 aromatic carbocycles. The molecule has 0 radical (unpaired) electrons. The minimum absolute atomic E-state index is 0.128. The number of thiazole rings is 1. The Labute approximate surface area is 107 Å². The summed E-state index contributed by atoms with van der Waals surface area (Å²) in [5.74, 6) is -0.128. The highest BCUT2D eigenvalue weighted by Crippen LogP contribution is 2.29. The van der Waals surface area contributed by atoms with Gasteiger partial charge in [-0.05, 0) is 7.05 Å². The van der Waals surface area contributed by atoms with Crippen molar-refractivity contribution in [2.45, 2.75) is 19.0 Å². The van der Waals surface area contributed by atoms with Gasteiger partial charge in [-0.25, -0.2) is 4.98 Å². The summed E-state index contributed by atoms with van der Waals surface area (Å²) in [4.78, 5) is 14.7. The molecule has 1 rings (SSSR count). The summed E-state index contributed by atoms with van der Waals surface area (Å²) in [6.45, 7) is 0.870. The van der Waals surface area contributed by atoms with Crippen LogP contribution < -0.4 is 10.6 Å². The second-order valence-corrected chi connectivity index (χ2v) is 4.52. The van der Waals surface area contributed by atoms with Gasteiger partial charge in [-0.2, -0.15) is 13.2 Å². The van der Waals surface area contributed by atoms with Gasteiger partial charge in [0.1, 0.15) is 0 Å². The van der Waals surface area contributed by atoms with Crippen LogP contribution in [-0.2, 0) is 17.4 Å². The zero-order chi connectivity index (χ0) is 13.6. The molecule has 8 heteroatoms. The predicted molar refractivity (Wildman–Crippen MR) is 62.4 cm³/mol. The third kappa shape index (κ3) is 5.01. The average Bonchev–Trinajstić information content (AvgIpc) is 2.74. The van der Waals surface area contributed by atoms with E-state index >= 15 is 0 Å². The van der Waals surface area contributed by atoms with Gasteiger partial charge in [0.25, 0.3) is 0 Å². The topological polar surface area (TPSA) is 54.0 Å². The number of carbonyl (C=O) groups excluding carboxylic acids is 1. The van der Waals surface area contributed by atoms with Crippen molar-refractivity contribution in [3.63, 3.8) is 0 Å². The summed E-state index contributed by atoms with van der Waals surface area (Å²) in [6, 6.07) is 0. The van der Waals surface area contributed by atoms with Crippen LogP contribution in [0.15, 0.2) is 5.38 Å². The van der Waals surface area contributed by atoms with Crippen LogP contribution in [0.4, 0.5) is 13.2 Å². The Morgan fingerprint density at radius 1 is 1.44 bits per heavy atom. The first kappa shape index (κ1) is 14.9. The number of hydrogen-bond donors (Lipinski definition) is 2. The SMILES string of the molecule is CNCCC(=O)NCCc1nc(C(F)(F)F)cs1. The second kappa shape index (κ2) is 6.69. The molecular formula is C10H14F3N3OS. The van der Waals surface area contributed by atoms with E-state index in [4.69, 9.17) is 0 Å². The molecular weight excluding hydrogens is 267 g/mol. The Balaban J connectivity index is 2.32. The summed E-state index contributed by atoms with van der Waals surface area (Å²) in [7, 11) is 1.74. The normalized spacial score (nSPS) is 11.6. The fourth-order valence-corrected chi connectivity index (χ4v) is 2.00. The van der Waals surface area contributed by atoms with E-state index < -0.39 is 11.9 Å². The molecule has 0 aliphatic carbocycles. The molecule has 1 aromatic heterocycles. The van der Waals surface area contributed by atoms with E-state index in [-0.39, 0.29) is 5.91 Å². The number of nitrogens with one attached hydrogen (secondary N) is 2. The van der Waals surface area contributed by atoms with Gasteiger partial charge >= 0.3 is 6.18 Å². The minimum Gasteiger partial charge on any atom is -0.356 e. The number of halogens is 3. The number of alkyl halides is 3. The number of hydrogen-bond acceptors (Lipinski definition) is 4. The fourth-order valence-electron chi connectivity index (χ4n) is 1.19. The first-order valence-electron chi connectivity index (χ1n) is 5.36. The van der Waals surface area contributed by atoms with Gasteiger partial charge in [-0.3, -0.25) is 4.79 Å². The third-order valence-corrected chi connectivity index (χ3v) is 3.01.